The first-order valence-electron chi connectivity index (χ1n) is 6.87. The molecule has 0 saturated carbocycles. The van der Waals surface area contributed by atoms with Gasteiger partial charge < -0.3 is 10.1 Å². The van der Waals surface area contributed by atoms with Crippen LogP contribution in [0.4, 0.5) is 0 Å². The molecule has 2 rings (SSSR count). The molecule has 0 aliphatic rings. The number of carbonyl (C=O) groups excluding carboxylic acids is 1. The molecule has 0 unspecified atom stereocenters. The zero-order valence-corrected chi connectivity index (χ0v) is 13.7. The molecule has 110 valence electrons. The first-order chi connectivity index (χ1) is 10.1. The van der Waals surface area contributed by atoms with Gasteiger partial charge in [-0.3, -0.25) is 4.79 Å². The van der Waals surface area contributed by atoms with Crippen molar-refractivity contribution in [3.05, 3.63) is 63.6 Å². The first-order valence-corrected chi connectivity index (χ1v) is 7.66. The maximum Gasteiger partial charge on any atom is 0.255 e. The molecule has 2 aromatic carbocycles. The van der Waals surface area contributed by atoms with Crippen molar-refractivity contribution in [3.8, 4) is 5.75 Å². The summed E-state index contributed by atoms with van der Waals surface area (Å²) >= 11 is 3.44. The predicted molar refractivity (Wildman–Crippen MR) is 87.7 cm³/mol. The number of benzene rings is 2. The molecule has 2 aromatic rings. The topological polar surface area (TPSA) is 38.3 Å². The summed E-state index contributed by atoms with van der Waals surface area (Å²) in [5, 5.41) is 2.81. The molecular formula is C17H18BrNO2. The lowest BCUT2D eigenvalue weighted by Crippen LogP contribution is -2.23. The molecule has 0 bridgehead atoms. The summed E-state index contributed by atoms with van der Waals surface area (Å²) in [6.45, 7) is 4.86. The Morgan fingerprint density at radius 1 is 1.24 bits per heavy atom. The number of aryl methyl sites for hydroxylation is 1. The summed E-state index contributed by atoms with van der Waals surface area (Å²) in [6.07, 6.45) is 0. The number of carbonyl (C=O) groups is 1. The van der Waals surface area contributed by atoms with Gasteiger partial charge in [0.05, 0.1) is 5.56 Å². The summed E-state index contributed by atoms with van der Waals surface area (Å²) in [5.41, 5.74) is 2.58. The van der Waals surface area contributed by atoms with Crippen molar-refractivity contribution in [2.24, 2.45) is 0 Å². The molecule has 0 fully saturated rings. The van der Waals surface area contributed by atoms with Crippen LogP contribution >= 0.6 is 15.9 Å². The molecule has 1 amide bonds. The highest BCUT2D eigenvalue weighted by Gasteiger charge is 2.14. The molecule has 0 aliphatic carbocycles. The van der Waals surface area contributed by atoms with E-state index in [1.165, 1.54) is 0 Å². The largest absolute Gasteiger partial charge is 0.488 e. The Labute approximate surface area is 133 Å². The Kier molecular flexibility index (Phi) is 5.39. The van der Waals surface area contributed by atoms with Gasteiger partial charge in [-0.05, 0) is 43.2 Å². The summed E-state index contributed by atoms with van der Waals surface area (Å²) in [4.78, 5) is 12.1. The predicted octanol–water partition coefficient (Wildman–Crippen LogP) is 4.09. The van der Waals surface area contributed by atoms with E-state index in [-0.39, 0.29) is 5.91 Å². The Bertz CT molecular complexity index is 640. The van der Waals surface area contributed by atoms with Crippen molar-refractivity contribution in [1.29, 1.82) is 0 Å². The van der Waals surface area contributed by atoms with E-state index in [1.54, 1.807) is 6.07 Å². The van der Waals surface area contributed by atoms with E-state index in [4.69, 9.17) is 4.74 Å². The van der Waals surface area contributed by atoms with Gasteiger partial charge in [-0.15, -0.1) is 0 Å². The van der Waals surface area contributed by atoms with Gasteiger partial charge in [-0.1, -0.05) is 40.2 Å². The van der Waals surface area contributed by atoms with Gasteiger partial charge in [0.15, 0.2) is 0 Å². The van der Waals surface area contributed by atoms with Crippen molar-refractivity contribution in [1.82, 2.24) is 5.32 Å². The second kappa shape index (κ2) is 7.27. The molecule has 0 spiro atoms. The van der Waals surface area contributed by atoms with E-state index < -0.39 is 0 Å². The van der Waals surface area contributed by atoms with Crippen molar-refractivity contribution >= 4 is 21.8 Å². The van der Waals surface area contributed by atoms with Crippen molar-refractivity contribution in [3.63, 3.8) is 0 Å². The van der Waals surface area contributed by atoms with Crippen LogP contribution in [-0.4, -0.2) is 12.5 Å². The molecule has 0 aromatic heterocycles. The Morgan fingerprint density at radius 3 is 2.71 bits per heavy atom. The zero-order chi connectivity index (χ0) is 15.2. The lowest BCUT2D eigenvalue weighted by molar-refractivity contribution is 0.0951. The lowest BCUT2D eigenvalue weighted by Gasteiger charge is -2.14. The molecule has 0 radical (unpaired) electrons. The summed E-state index contributed by atoms with van der Waals surface area (Å²) < 4.78 is 6.91. The second-order valence-corrected chi connectivity index (χ2v) is 5.65. The SMILES string of the molecule is CCNC(=O)c1cccc(C)c1OCc1cccc(Br)c1. The van der Waals surface area contributed by atoms with Gasteiger partial charge in [0.2, 0.25) is 0 Å². The van der Waals surface area contributed by atoms with E-state index in [9.17, 15) is 4.79 Å². The van der Waals surface area contributed by atoms with E-state index >= 15 is 0 Å². The number of nitrogens with one attached hydrogen (secondary N) is 1. The first kappa shape index (κ1) is 15.6. The van der Waals surface area contributed by atoms with Crippen LogP contribution in [0.5, 0.6) is 5.75 Å². The average Bonchev–Trinajstić information content (AvgIpc) is 2.46. The molecule has 3 nitrogen and oxygen atoms in total. The minimum Gasteiger partial charge on any atom is -0.488 e. The van der Waals surface area contributed by atoms with Crippen LogP contribution in [0.1, 0.15) is 28.4 Å². The molecule has 0 saturated heterocycles. The van der Waals surface area contributed by atoms with Gasteiger partial charge in [-0.25, -0.2) is 0 Å². The molecule has 4 heteroatoms. The van der Waals surface area contributed by atoms with E-state index in [2.05, 4.69) is 21.2 Å². The van der Waals surface area contributed by atoms with E-state index in [1.807, 2.05) is 50.2 Å². The minimum atomic E-state index is -0.106. The molecule has 0 heterocycles. The Balaban J connectivity index is 2.21. The van der Waals surface area contributed by atoms with Gasteiger partial charge in [0.25, 0.3) is 5.91 Å². The summed E-state index contributed by atoms with van der Waals surface area (Å²) in [7, 11) is 0. The maximum atomic E-state index is 12.1. The van der Waals surface area contributed by atoms with E-state index in [0.29, 0.717) is 24.5 Å². The highest BCUT2D eigenvalue weighted by atomic mass is 79.9. The fraction of sp³-hybridized carbons (Fsp3) is 0.235. The van der Waals surface area contributed by atoms with Crippen LogP contribution in [0.3, 0.4) is 0 Å². The number of para-hydroxylation sites is 1. The minimum absolute atomic E-state index is 0.106. The van der Waals surface area contributed by atoms with Gasteiger partial charge >= 0.3 is 0 Å². The molecule has 0 atom stereocenters. The van der Waals surface area contributed by atoms with Crippen LogP contribution in [0.15, 0.2) is 46.9 Å². The smallest absolute Gasteiger partial charge is 0.255 e. The fourth-order valence-corrected chi connectivity index (χ4v) is 2.51. The fourth-order valence-electron chi connectivity index (χ4n) is 2.06. The normalized spacial score (nSPS) is 10.2. The van der Waals surface area contributed by atoms with Gasteiger partial charge in [-0.2, -0.15) is 0 Å². The third kappa shape index (κ3) is 4.08. The second-order valence-electron chi connectivity index (χ2n) is 4.73. The maximum absolute atomic E-state index is 12.1. The number of ether oxygens (including phenoxy) is 1. The standard InChI is InChI=1S/C17H18BrNO2/c1-3-19-17(20)15-9-4-6-12(2)16(15)21-11-13-7-5-8-14(18)10-13/h4-10H,3,11H2,1-2H3,(H,19,20). The zero-order valence-electron chi connectivity index (χ0n) is 12.2. The van der Waals surface area contributed by atoms with Crippen molar-refractivity contribution in [2.75, 3.05) is 6.54 Å². The molecule has 1 N–H and O–H groups in total. The van der Waals surface area contributed by atoms with Crippen LogP contribution < -0.4 is 10.1 Å². The van der Waals surface area contributed by atoms with Crippen LogP contribution in [-0.2, 0) is 6.61 Å². The van der Waals surface area contributed by atoms with Crippen molar-refractivity contribution < 1.29 is 9.53 Å². The lowest BCUT2D eigenvalue weighted by atomic mass is 10.1. The third-order valence-electron chi connectivity index (χ3n) is 3.07. The van der Waals surface area contributed by atoms with Gasteiger partial charge in [0, 0.05) is 11.0 Å². The average molecular weight is 348 g/mol. The van der Waals surface area contributed by atoms with Crippen LogP contribution in [0.25, 0.3) is 0 Å². The molecule has 0 aliphatic heterocycles. The summed E-state index contributed by atoms with van der Waals surface area (Å²) in [5.74, 6) is 0.536. The number of amides is 1. The third-order valence-corrected chi connectivity index (χ3v) is 3.56. The Morgan fingerprint density at radius 2 is 2.00 bits per heavy atom. The number of hydrogen-bond acceptors (Lipinski definition) is 2. The number of hydrogen-bond donors (Lipinski definition) is 1. The highest BCUT2D eigenvalue weighted by molar-refractivity contribution is 9.10. The number of rotatable bonds is 5. The highest BCUT2D eigenvalue weighted by Crippen LogP contribution is 2.25. The number of halogens is 1. The summed E-state index contributed by atoms with van der Waals surface area (Å²) in [6, 6.07) is 13.5. The monoisotopic (exact) mass is 347 g/mol. The van der Waals surface area contributed by atoms with Crippen LogP contribution in [0, 0.1) is 6.92 Å². The van der Waals surface area contributed by atoms with E-state index in [0.717, 1.165) is 15.6 Å². The van der Waals surface area contributed by atoms with Gasteiger partial charge in [0.1, 0.15) is 12.4 Å². The quantitative estimate of drug-likeness (QED) is 0.884. The Hall–Kier alpha value is -1.81. The van der Waals surface area contributed by atoms with Crippen LogP contribution in [0.2, 0.25) is 0 Å². The molecule has 21 heavy (non-hydrogen) atoms. The molecular weight excluding hydrogens is 330 g/mol. The van der Waals surface area contributed by atoms with Crippen molar-refractivity contribution in [2.45, 2.75) is 20.5 Å².